The number of imidazole rings is 1. The lowest BCUT2D eigenvalue weighted by Crippen LogP contribution is -2.17. The number of carbonyl (C=O) groups is 1. The van der Waals surface area contributed by atoms with Gasteiger partial charge < -0.3 is 18.8 Å². The summed E-state index contributed by atoms with van der Waals surface area (Å²) in [6.07, 6.45) is -7.34. The molecule has 0 fully saturated rings. The van der Waals surface area contributed by atoms with E-state index in [4.69, 9.17) is 9.47 Å². The van der Waals surface area contributed by atoms with Crippen LogP contribution < -0.4 is 9.47 Å². The van der Waals surface area contributed by atoms with Gasteiger partial charge in [-0.1, -0.05) is 25.1 Å². The average Bonchev–Trinajstić information content (AvgIpc) is 3.26. The summed E-state index contributed by atoms with van der Waals surface area (Å²) >= 11 is 0. The van der Waals surface area contributed by atoms with E-state index < -0.39 is 24.0 Å². The summed E-state index contributed by atoms with van der Waals surface area (Å²) < 4.78 is 94.5. The normalized spacial score (nSPS) is 12.7. The Bertz CT molecular complexity index is 1220. The minimum atomic E-state index is -4.90. The predicted molar refractivity (Wildman–Crippen MR) is 130 cm³/mol. The lowest BCUT2D eigenvalue weighted by Gasteiger charge is -2.17. The zero-order chi connectivity index (χ0) is 28.6. The van der Waals surface area contributed by atoms with Gasteiger partial charge in [-0.2, -0.15) is 13.2 Å². The zero-order valence-corrected chi connectivity index (χ0v) is 21.3. The van der Waals surface area contributed by atoms with E-state index in [0.717, 1.165) is 16.7 Å². The fraction of sp³-hybridized carbons (Fsp3) is 0.407. The highest BCUT2D eigenvalue weighted by atomic mass is 19.4. The van der Waals surface area contributed by atoms with Crippen LogP contribution in [0.5, 0.6) is 11.5 Å². The molecule has 0 amide bonds. The van der Waals surface area contributed by atoms with Crippen LogP contribution in [0.1, 0.15) is 44.4 Å². The van der Waals surface area contributed by atoms with Crippen LogP contribution in [-0.2, 0) is 22.3 Å². The molecule has 0 radical (unpaired) electrons. The maximum atomic E-state index is 13.8. The summed E-state index contributed by atoms with van der Waals surface area (Å²) in [4.78, 5) is 15.5. The van der Waals surface area contributed by atoms with Crippen molar-refractivity contribution in [2.24, 2.45) is 5.92 Å². The Hall–Kier alpha value is -3.70. The summed E-state index contributed by atoms with van der Waals surface area (Å²) in [5.74, 6) is -0.384. The van der Waals surface area contributed by atoms with Crippen LogP contribution in [0.3, 0.4) is 0 Å². The fourth-order valence-electron chi connectivity index (χ4n) is 3.96. The van der Waals surface area contributed by atoms with Gasteiger partial charge in [-0.3, -0.25) is 4.79 Å². The van der Waals surface area contributed by atoms with Gasteiger partial charge in [0.15, 0.2) is 0 Å². The molecule has 0 aliphatic heterocycles. The summed E-state index contributed by atoms with van der Waals surface area (Å²) in [5.41, 5.74) is -0.386. The van der Waals surface area contributed by atoms with E-state index in [1.54, 1.807) is 31.2 Å². The second kappa shape index (κ2) is 12.9. The molecule has 39 heavy (non-hydrogen) atoms. The first-order chi connectivity index (χ1) is 18.4. The van der Waals surface area contributed by atoms with Crippen molar-refractivity contribution in [1.82, 2.24) is 9.55 Å². The highest BCUT2D eigenvalue weighted by molar-refractivity contribution is 5.69. The molecule has 3 rings (SSSR count). The molecule has 0 spiro atoms. The van der Waals surface area contributed by atoms with Crippen molar-refractivity contribution in [2.45, 2.75) is 52.2 Å². The molecule has 212 valence electrons. The highest BCUT2D eigenvalue weighted by Crippen LogP contribution is 2.35. The molecular formula is C27H28F6N2O4. The van der Waals surface area contributed by atoms with Crippen molar-refractivity contribution in [2.75, 3.05) is 13.2 Å². The van der Waals surface area contributed by atoms with Gasteiger partial charge in [-0.15, -0.1) is 13.2 Å². The van der Waals surface area contributed by atoms with Crippen molar-refractivity contribution in [3.8, 4) is 22.9 Å². The number of rotatable bonds is 12. The van der Waals surface area contributed by atoms with Crippen LogP contribution in [0, 0.1) is 5.92 Å². The van der Waals surface area contributed by atoms with Gasteiger partial charge in [0, 0.05) is 17.5 Å². The van der Waals surface area contributed by atoms with Gasteiger partial charge in [0.2, 0.25) is 0 Å². The fourth-order valence-corrected chi connectivity index (χ4v) is 3.96. The molecule has 0 saturated heterocycles. The van der Waals surface area contributed by atoms with Crippen molar-refractivity contribution < 1.29 is 45.3 Å². The van der Waals surface area contributed by atoms with E-state index in [0.29, 0.717) is 37.0 Å². The van der Waals surface area contributed by atoms with Gasteiger partial charge in [-0.25, -0.2) is 4.98 Å². The molecule has 0 saturated carbocycles. The molecule has 0 aliphatic carbocycles. The number of hydrogen-bond acceptors (Lipinski definition) is 5. The molecule has 1 unspecified atom stereocenters. The second-order valence-corrected chi connectivity index (χ2v) is 8.84. The first kappa shape index (κ1) is 29.9. The minimum absolute atomic E-state index is 0.0801. The first-order valence-corrected chi connectivity index (χ1v) is 12.2. The monoisotopic (exact) mass is 558 g/mol. The third-order valence-electron chi connectivity index (χ3n) is 5.71. The first-order valence-electron chi connectivity index (χ1n) is 12.2. The van der Waals surface area contributed by atoms with Crippen molar-refractivity contribution in [1.29, 1.82) is 0 Å². The smallest absolute Gasteiger partial charge is 0.493 e. The average molecular weight is 559 g/mol. The Morgan fingerprint density at radius 1 is 1.03 bits per heavy atom. The quantitative estimate of drug-likeness (QED) is 0.133. The Morgan fingerprint density at radius 3 is 2.36 bits per heavy atom. The number of hydrogen-bond donors (Lipinski definition) is 0. The number of ether oxygens (including phenoxy) is 3. The van der Waals surface area contributed by atoms with Crippen LogP contribution in [0.2, 0.25) is 0 Å². The van der Waals surface area contributed by atoms with E-state index in [1.165, 1.54) is 12.1 Å². The zero-order valence-electron chi connectivity index (χ0n) is 21.3. The van der Waals surface area contributed by atoms with Crippen LogP contribution in [0.4, 0.5) is 26.3 Å². The summed E-state index contributed by atoms with van der Waals surface area (Å²) in [7, 11) is 0. The molecule has 6 nitrogen and oxygen atoms in total. The van der Waals surface area contributed by atoms with Gasteiger partial charge in [0.25, 0.3) is 0 Å². The molecule has 0 aliphatic rings. The third kappa shape index (κ3) is 8.93. The Labute approximate surface area is 221 Å². The maximum Gasteiger partial charge on any atom is 0.573 e. The number of alkyl halides is 6. The Kier molecular flexibility index (Phi) is 9.87. The molecule has 1 aromatic heterocycles. The SMILES string of the molecule is CCOC(=O)CC(C)CCCOc1ccccc1Cn1c(C(F)(F)F)cnc1-c1ccc(OC(F)(F)F)cc1. The van der Waals surface area contributed by atoms with Crippen LogP contribution in [0.25, 0.3) is 11.4 Å². The number of nitrogens with zero attached hydrogens (tertiary/aromatic N) is 2. The van der Waals surface area contributed by atoms with E-state index in [1.807, 2.05) is 6.92 Å². The number of benzene rings is 2. The standard InChI is InChI=1S/C27H28F6N2O4/c1-3-37-24(36)15-18(2)7-6-14-38-22-9-5-4-8-20(22)17-35-23(26(28,29)30)16-34-25(35)19-10-12-21(13-11-19)39-27(31,32)33/h4-5,8-13,16,18H,3,6-7,14-15,17H2,1-2H3. The van der Waals surface area contributed by atoms with E-state index >= 15 is 0 Å². The van der Waals surface area contributed by atoms with Crippen LogP contribution in [-0.4, -0.2) is 35.1 Å². The summed E-state index contributed by atoms with van der Waals surface area (Å²) in [5, 5.41) is 0. The van der Waals surface area contributed by atoms with Gasteiger partial charge in [-0.05, 0) is 56.0 Å². The molecule has 1 atom stereocenters. The summed E-state index contributed by atoms with van der Waals surface area (Å²) in [6, 6.07) is 11.1. The molecule has 2 aromatic carbocycles. The predicted octanol–water partition coefficient (Wildman–Crippen LogP) is 7.26. The van der Waals surface area contributed by atoms with E-state index in [9.17, 15) is 31.1 Å². The van der Waals surface area contributed by atoms with Gasteiger partial charge in [0.1, 0.15) is 23.0 Å². The van der Waals surface area contributed by atoms with Crippen molar-refractivity contribution in [3.05, 3.63) is 66.0 Å². The largest absolute Gasteiger partial charge is 0.573 e. The minimum Gasteiger partial charge on any atom is -0.493 e. The number of esters is 1. The van der Waals surface area contributed by atoms with E-state index in [2.05, 4.69) is 9.72 Å². The maximum absolute atomic E-state index is 13.8. The Balaban J connectivity index is 1.77. The van der Waals surface area contributed by atoms with Crippen molar-refractivity contribution >= 4 is 5.97 Å². The topological polar surface area (TPSA) is 62.6 Å². The molecular weight excluding hydrogens is 530 g/mol. The highest BCUT2D eigenvalue weighted by Gasteiger charge is 2.36. The van der Waals surface area contributed by atoms with E-state index in [-0.39, 0.29) is 42.8 Å². The molecule has 12 heteroatoms. The van der Waals surface area contributed by atoms with Crippen molar-refractivity contribution in [3.63, 3.8) is 0 Å². The molecule has 0 bridgehead atoms. The number of carbonyl (C=O) groups excluding carboxylic acids is 1. The van der Waals surface area contributed by atoms with Crippen LogP contribution in [0.15, 0.2) is 54.7 Å². The number of aromatic nitrogens is 2. The van der Waals surface area contributed by atoms with Crippen LogP contribution >= 0.6 is 0 Å². The summed E-state index contributed by atoms with van der Waals surface area (Å²) in [6.45, 7) is 4.01. The number of halogens is 6. The Morgan fingerprint density at radius 2 is 1.72 bits per heavy atom. The molecule has 0 N–H and O–H groups in total. The molecule has 3 aromatic rings. The molecule has 1 heterocycles. The van der Waals surface area contributed by atoms with Gasteiger partial charge >= 0.3 is 18.5 Å². The van der Waals surface area contributed by atoms with Gasteiger partial charge in [0.05, 0.1) is 26.0 Å². The lowest BCUT2D eigenvalue weighted by atomic mass is 10.0. The third-order valence-corrected chi connectivity index (χ3v) is 5.71. The second-order valence-electron chi connectivity index (χ2n) is 8.84. The lowest BCUT2D eigenvalue weighted by molar-refractivity contribution is -0.274. The number of para-hydroxylation sites is 1.